The van der Waals surface area contributed by atoms with Crippen molar-refractivity contribution in [3.63, 3.8) is 0 Å². The van der Waals surface area contributed by atoms with Crippen LogP contribution in [0, 0.1) is 5.92 Å². The van der Waals surface area contributed by atoms with Gasteiger partial charge in [-0.25, -0.2) is 0 Å². The van der Waals surface area contributed by atoms with Gasteiger partial charge >= 0.3 is 0 Å². The predicted octanol–water partition coefficient (Wildman–Crippen LogP) is 1.69. The van der Waals surface area contributed by atoms with E-state index in [4.69, 9.17) is 0 Å². The maximum absolute atomic E-state index is 12.2. The van der Waals surface area contributed by atoms with Gasteiger partial charge in [0.25, 0.3) is 0 Å². The molecule has 2 aliphatic rings. The highest BCUT2D eigenvalue weighted by molar-refractivity contribution is 5.84. The van der Waals surface area contributed by atoms with Crippen LogP contribution in [0.3, 0.4) is 0 Å². The molecule has 2 aliphatic heterocycles. The molecule has 0 saturated carbocycles. The number of likely N-dealkylation sites (tertiary alicyclic amines) is 2. The number of hydrogen-bond acceptors (Lipinski definition) is 3. The van der Waals surface area contributed by atoms with Gasteiger partial charge in [-0.1, -0.05) is 19.8 Å². The smallest absolute Gasteiger partial charge is 0.236 e. The highest BCUT2D eigenvalue weighted by atomic mass is 16.2. The lowest BCUT2D eigenvalue weighted by atomic mass is 9.92. The molecule has 0 bridgehead atoms. The average molecular weight is 266 g/mol. The van der Waals surface area contributed by atoms with Gasteiger partial charge in [-0.3, -0.25) is 14.5 Å². The Morgan fingerprint density at radius 1 is 1.16 bits per heavy atom. The summed E-state index contributed by atoms with van der Waals surface area (Å²) in [6.07, 6.45) is 6.16. The topological polar surface area (TPSA) is 40.6 Å². The molecule has 0 aromatic rings. The molecular weight excluding hydrogens is 240 g/mol. The molecule has 0 radical (unpaired) electrons. The van der Waals surface area contributed by atoms with Gasteiger partial charge in [-0.05, 0) is 31.8 Å². The summed E-state index contributed by atoms with van der Waals surface area (Å²) in [7, 11) is 0. The predicted molar refractivity (Wildman–Crippen MR) is 74.9 cm³/mol. The van der Waals surface area contributed by atoms with Crippen LogP contribution in [0.25, 0.3) is 0 Å². The van der Waals surface area contributed by atoms with Gasteiger partial charge in [0.2, 0.25) is 5.91 Å². The third-order valence-electron chi connectivity index (χ3n) is 4.44. The second kappa shape index (κ2) is 7.04. The minimum absolute atomic E-state index is 0.210. The van der Waals surface area contributed by atoms with E-state index in [9.17, 15) is 9.59 Å². The summed E-state index contributed by atoms with van der Waals surface area (Å²) in [4.78, 5) is 27.5. The first kappa shape index (κ1) is 14.5. The van der Waals surface area contributed by atoms with Gasteiger partial charge in [0, 0.05) is 25.9 Å². The number of nitrogens with zero attached hydrogens (tertiary/aromatic N) is 2. The van der Waals surface area contributed by atoms with E-state index < -0.39 is 0 Å². The summed E-state index contributed by atoms with van der Waals surface area (Å²) in [5.41, 5.74) is 0. The Kier molecular flexibility index (Phi) is 5.37. The standard InChI is InChI=1S/C15H26N2O2/c1-2-3-13-4-8-16(9-5-13)12-15(19)17-10-6-14(18)7-11-17/h13H,2-12H2,1H3. The molecule has 1 amide bonds. The van der Waals surface area contributed by atoms with Crippen LogP contribution in [0.2, 0.25) is 0 Å². The summed E-state index contributed by atoms with van der Waals surface area (Å²) in [6.45, 7) is 6.17. The van der Waals surface area contributed by atoms with Gasteiger partial charge in [0.15, 0.2) is 0 Å². The number of carbonyl (C=O) groups excluding carboxylic acids is 2. The fourth-order valence-electron chi connectivity index (χ4n) is 3.14. The molecule has 2 saturated heterocycles. The number of Topliss-reactive ketones (excluding diaryl/α,β-unsaturated/α-hetero) is 1. The zero-order valence-corrected chi connectivity index (χ0v) is 12.1. The molecule has 2 heterocycles. The minimum atomic E-state index is 0.210. The number of rotatable bonds is 4. The number of ketones is 1. The van der Waals surface area contributed by atoms with Gasteiger partial charge in [-0.15, -0.1) is 0 Å². The molecule has 4 heteroatoms. The van der Waals surface area contributed by atoms with E-state index in [-0.39, 0.29) is 5.91 Å². The van der Waals surface area contributed by atoms with Crippen LogP contribution in [-0.2, 0) is 9.59 Å². The summed E-state index contributed by atoms with van der Waals surface area (Å²) < 4.78 is 0. The number of carbonyl (C=O) groups is 2. The van der Waals surface area contributed by atoms with Gasteiger partial charge in [0.1, 0.15) is 5.78 Å². The largest absolute Gasteiger partial charge is 0.341 e. The Bertz CT molecular complexity index is 312. The highest BCUT2D eigenvalue weighted by Crippen LogP contribution is 2.21. The van der Waals surface area contributed by atoms with Crippen LogP contribution < -0.4 is 0 Å². The Balaban J connectivity index is 1.70. The van der Waals surface area contributed by atoms with Crippen molar-refractivity contribution in [1.82, 2.24) is 9.80 Å². The lowest BCUT2D eigenvalue weighted by molar-refractivity contribution is -0.135. The third-order valence-corrected chi connectivity index (χ3v) is 4.44. The van der Waals surface area contributed by atoms with Crippen LogP contribution in [-0.4, -0.2) is 54.2 Å². The quantitative estimate of drug-likeness (QED) is 0.777. The molecule has 0 aromatic heterocycles. The molecular formula is C15H26N2O2. The average Bonchev–Trinajstić information content (AvgIpc) is 2.42. The number of hydrogen-bond donors (Lipinski definition) is 0. The van der Waals surface area contributed by atoms with Crippen LogP contribution in [0.15, 0.2) is 0 Å². The monoisotopic (exact) mass is 266 g/mol. The van der Waals surface area contributed by atoms with E-state index in [1.807, 2.05) is 4.90 Å². The van der Waals surface area contributed by atoms with Gasteiger partial charge in [0.05, 0.1) is 6.54 Å². The SMILES string of the molecule is CCCC1CCN(CC(=O)N2CCC(=O)CC2)CC1. The second-order valence-corrected chi connectivity index (χ2v) is 5.93. The van der Waals surface area contributed by atoms with Crippen LogP contribution in [0.5, 0.6) is 0 Å². The molecule has 2 rings (SSSR count). The fraction of sp³-hybridized carbons (Fsp3) is 0.867. The molecule has 0 unspecified atom stereocenters. The number of amides is 1. The summed E-state index contributed by atoms with van der Waals surface area (Å²) >= 11 is 0. The van der Waals surface area contributed by atoms with E-state index in [1.54, 1.807) is 0 Å². The molecule has 0 N–H and O–H groups in total. The Labute approximate surface area is 116 Å². The van der Waals surface area contributed by atoms with Crippen molar-refractivity contribution < 1.29 is 9.59 Å². The van der Waals surface area contributed by atoms with Crippen LogP contribution in [0.4, 0.5) is 0 Å². The molecule has 2 fully saturated rings. The fourth-order valence-corrected chi connectivity index (χ4v) is 3.14. The van der Waals surface area contributed by atoms with Crippen molar-refractivity contribution in [2.24, 2.45) is 5.92 Å². The van der Waals surface area contributed by atoms with E-state index in [2.05, 4.69) is 11.8 Å². The second-order valence-electron chi connectivity index (χ2n) is 5.93. The van der Waals surface area contributed by atoms with Crippen molar-refractivity contribution in [3.8, 4) is 0 Å². The molecule has 0 aromatic carbocycles. The van der Waals surface area contributed by atoms with Crippen LogP contribution >= 0.6 is 0 Å². The van der Waals surface area contributed by atoms with Gasteiger partial charge in [-0.2, -0.15) is 0 Å². The van der Waals surface area contributed by atoms with E-state index in [1.165, 1.54) is 25.7 Å². The van der Waals surface area contributed by atoms with Crippen molar-refractivity contribution >= 4 is 11.7 Å². The Morgan fingerprint density at radius 2 is 1.79 bits per heavy atom. The molecule has 19 heavy (non-hydrogen) atoms. The minimum Gasteiger partial charge on any atom is -0.341 e. The maximum Gasteiger partial charge on any atom is 0.236 e. The first-order valence-electron chi connectivity index (χ1n) is 7.71. The summed E-state index contributed by atoms with van der Waals surface area (Å²) in [5, 5.41) is 0. The maximum atomic E-state index is 12.2. The Morgan fingerprint density at radius 3 is 2.37 bits per heavy atom. The van der Waals surface area contributed by atoms with Crippen molar-refractivity contribution in [3.05, 3.63) is 0 Å². The highest BCUT2D eigenvalue weighted by Gasteiger charge is 2.24. The molecule has 0 spiro atoms. The molecule has 108 valence electrons. The van der Waals surface area contributed by atoms with Crippen molar-refractivity contribution in [1.29, 1.82) is 0 Å². The lowest BCUT2D eigenvalue weighted by Crippen LogP contribution is -2.46. The van der Waals surface area contributed by atoms with Gasteiger partial charge < -0.3 is 4.90 Å². The van der Waals surface area contributed by atoms with E-state index in [0.29, 0.717) is 38.3 Å². The first-order chi connectivity index (χ1) is 9.19. The van der Waals surface area contributed by atoms with Crippen molar-refractivity contribution in [2.75, 3.05) is 32.7 Å². The Hall–Kier alpha value is -0.900. The summed E-state index contributed by atoms with van der Waals surface area (Å²) in [5.74, 6) is 1.37. The normalized spacial score (nSPS) is 22.8. The van der Waals surface area contributed by atoms with E-state index >= 15 is 0 Å². The van der Waals surface area contributed by atoms with E-state index in [0.717, 1.165) is 19.0 Å². The molecule has 4 nitrogen and oxygen atoms in total. The van der Waals surface area contributed by atoms with Crippen LogP contribution in [0.1, 0.15) is 45.4 Å². The first-order valence-corrected chi connectivity index (χ1v) is 7.71. The zero-order valence-electron chi connectivity index (χ0n) is 12.1. The number of piperidine rings is 2. The molecule has 0 atom stereocenters. The zero-order chi connectivity index (χ0) is 13.7. The lowest BCUT2D eigenvalue weighted by Gasteiger charge is -2.34. The summed E-state index contributed by atoms with van der Waals surface area (Å²) in [6, 6.07) is 0. The van der Waals surface area contributed by atoms with Crippen molar-refractivity contribution in [2.45, 2.75) is 45.4 Å². The third kappa shape index (κ3) is 4.30. The molecule has 0 aliphatic carbocycles.